The van der Waals surface area contributed by atoms with Crippen LogP contribution in [0.25, 0.3) is 11.0 Å². The van der Waals surface area contributed by atoms with Gasteiger partial charge in [0.05, 0.1) is 17.4 Å². The van der Waals surface area contributed by atoms with Gasteiger partial charge < -0.3 is 9.67 Å². The minimum Gasteiger partial charge on any atom is -0.384 e. The molecule has 0 radical (unpaired) electrons. The summed E-state index contributed by atoms with van der Waals surface area (Å²) in [6, 6.07) is 15.5. The van der Waals surface area contributed by atoms with Crippen LogP contribution >= 0.6 is 0 Å². The predicted octanol–water partition coefficient (Wildman–Crippen LogP) is 2.66. The molecule has 1 atom stereocenters. The monoisotopic (exact) mass is 238 g/mol. The first-order valence-corrected chi connectivity index (χ1v) is 5.90. The molecular weight excluding hydrogens is 224 g/mol. The van der Waals surface area contributed by atoms with Crippen molar-refractivity contribution in [3.05, 3.63) is 66.0 Å². The normalized spacial score (nSPS) is 12.8. The van der Waals surface area contributed by atoms with Crippen LogP contribution in [-0.4, -0.2) is 14.7 Å². The Morgan fingerprint density at radius 1 is 1.06 bits per heavy atom. The van der Waals surface area contributed by atoms with E-state index in [1.807, 2.05) is 60.1 Å². The molecule has 0 aliphatic heterocycles. The summed E-state index contributed by atoms with van der Waals surface area (Å²) in [6.07, 6.45) is 1.18. The highest BCUT2D eigenvalue weighted by Gasteiger charge is 2.11. The Kier molecular flexibility index (Phi) is 2.61. The van der Waals surface area contributed by atoms with E-state index < -0.39 is 6.10 Å². The van der Waals surface area contributed by atoms with Gasteiger partial charge in [0.1, 0.15) is 6.10 Å². The molecule has 0 aliphatic rings. The Hall–Kier alpha value is -2.13. The quantitative estimate of drug-likeness (QED) is 0.745. The van der Waals surface area contributed by atoms with Crippen LogP contribution in [0.2, 0.25) is 0 Å². The zero-order valence-electron chi connectivity index (χ0n) is 10.1. The van der Waals surface area contributed by atoms with Gasteiger partial charge in [-0.25, -0.2) is 4.98 Å². The first-order chi connectivity index (χ1) is 8.75. The van der Waals surface area contributed by atoms with Crippen LogP contribution in [-0.2, 0) is 7.05 Å². The van der Waals surface area contributed by atoms with E-state index in [9.17, 15) is 5.11 Å². The summed E-state index contributed by atoms with van der Waals surface area (Å²) in [7, 11) is 1.96. The molecule has 0 aliphatic carbocycles. The molecule has 0 saturated carbocycles. The second-order valence-electron chi connectivity index (χ2n) is 4.42. The maximum absolute atomic E-state index is 10.3. The molecule has 0 amide bonds. The van der Waals surface area contributed by atoms with E-state index in [1.54, 1.807) is 6.33 Å². The van der Waals surface area contributed by atoms with E-state index >= 15 is 0 Å². The van der Waals surface area contributed by atoms with Crippen LogP contribution in [0.15, 0.2) is 54.9 Å². The average molecular weight is 238 g/mol. The lowest BCUT2D eigenvalue weighted by molar-refractivity contribution is 0.220. The summed E-state index contributed by atoms with van der Waals surface area (Å²) in [5, 5.41) is 10.3. The first kappa shape index (κ1) is 11.0. The number of aliphatic hydroxyl groups excluding tert-OH is 1. The van der Waals surface area contributed by atoms with Gasteiger partial charge in [-0.15, -0.1) is 0 Å². The van der Waals surface area contributed by atoms with E-state index in [-0.39, 0.29) is 0 Å². The molecular formula is C15H14N2O. The molecule has 18 heavy (non-hydrogen) atoms. The summed E-state index contributed by atoms with van der Waals surface area (Å²) in [4.78, 5) is 4.31. The third-order valence-electron chi connectivity index (χ3n) is 3.18. The standard InChI is InChI=1S/C15H14N2O/c1-17-10-16-13-9-12(7-8-14(13)17)15(18)11-5-3-2-4-6-11/h2-10,15,18H,1H3. The van der Waals surface area contributed by atoms with Crippen molar-refractivity contribution < 1.29 is 5.11 Å². The van der Waals surface area contributed by atoms with Gasteiger partial charge >= 0.3 is 0 Å². The van der Waals surface area contributed by atoms with Crippen LogP contribution in [0, 0.1) is 0 Å². The number of imidazole rings is 1. The molecule has 1 heterocycles. The van der Waals surface area contributed by atoms with Crippen LogP contribution in [0.1, 0.15) is 17.2 Å². The molecule has 2 aromatic carbocycles. The van der Waals surface area contributed by atoms with E-state index in [0.29, 0.717) is 0 Å². The van der Waals surface area contributed by atoms with E-state index in [4.69, 9.17) is 0 Å². The second-order valence-corrected chi connectivity index (χ2v) is 4.42. The van der Waals surface area contributed by atoms with Crippen LogP contribution in [0.5, 0.6) is 0 Å². The average Bonchev–Trinajstić information content (AvgIpc) is 2.80. The number of hydrogen-bond acceptors (Lipinski definition) is 2. The Morgan fingerprint density at radius 3 is 2.61 bits per heavy atom. The number of fused-ring (bicyclic) bond motifs is 1. The summed E-state index contributed by atoms with van der Waals surface area (Å²) < 4.78 is 1.97. The van der Waals surface area contributed by atoms with Gasteiger partial charge in [-0.05, 0) is 23.3 Å². The number of benzene rings is 2. The summed E-state index contributed by atoms with van der Waals surface area (Å²) in [5.41, 5.74) is 3.74. The fourth-order valence-corrected chi connectivity index (χ4v) is 2.15. The fourth-order valence-electron chi connectivity index (χ4n) is 2.15. The van der Waals surface area contributed by atoms with Gasteiger partial charge in [-0.3, -0.25) is 0 Å². The molecule has 1 unspecified atom stereocenters. The lowest BCUT2D eigenvalue weighted by Gasteiger charge is -2.11. The molecule has 90 valence electrons. The van der Waals surface area contributed by atoms with Crippen molar-refractivity contribution in [3.8, 4) is 0 Å². The Morgan fingerprint density at radius 2 is 1.83 bits per heavy atom. The lowest BCUT2D eigenvalue weighted by atomic mass is 10.0. The van der Waals surface area contributed by atoms with E-state index in [1.165, 1.54) is 0 Å². The number of aryl methyl sites for hydroxylation is 1. The van der Waals surface area contributed by atoms with Crippen LogP contribution < -0.4 is 0 Å². The first-order valence-electron chi connectivity index (χ1n) is 5.90. The molecule has 1 N–H and O–H groups in total. The van der Waals surface area contributed by atoms with Crippen LogP contribution in [0.3, 0.4) is 0 Å². The van der Waals surface area contributed by atoms with Gasteiger partial charge in [0.15, 0.2) is 0 Å². The molecule has 3 heteroatoms. The molecule has 3 rings (SSSR count). The van der Waals surface area contributed by atoms with Gasteiger partial charge in [0.25, 0.3) is 0 Å². The van der Waals surface area contributed by atoms with E-state index in [0.717, 1.165) is 22.2 Å². The van der Waals surface area contributed by atoms with Crippen molar-refractivity contribution in [1.82, 2.24) is 9.55 Å². The van der Waals surface area contributed by atoms with Gasteiger partial charge in [0, 0.05) is 7.05 Å². The maximum atomic E-state index is 10.3. The topological polar surface area (TPSA) is 38.0 Å². The van der Waals surface area contributed by atoms with Crippen molar-refractivity contribution in [2.24, 2.45) is 7.05 Å². The molecule has 0 saturated heterocycles. The minimum absolute atomic E-state index is 0.599. The second kappa shape index (κ2) is 4.27. The molecule has 0 spiro atoms. The third kappa shape index (κ3) is 1.79. The molecule has 0 fully saturated rings. The highest BCUT2D eigenvalue weighted by molar-refractivity contribution is 5.76. The Bertz CT molecular complexity index is 673. The molecule has 3 aromatic rings. The van der Waals surface area contributed by atoms with Crippen molar-refractivity contribution >= 4 is 11.0 Å². The van der Waals surface area contributed by atoms with Crippen molar-refractivity contribution in [1.29, 1.82) is 0 Å². The lowest BCUT2D eigenvalue weighted by Crippen LogP contribution is -1.99. The number of hydrogen-bond donors (Lipinski definition) is 1. The zero-order chi connectivity index (χ0) is 12.5. The molecule has 3 nitrogen and oxygen atoms in total. The summed E-state index contributed by atoms with van der Waals surface area (Å²) in [5.74, 6) is 0. The Labute approximate surface area is 105 Å². The number of aliphatic hydroxyl groups is 1. The predicted molar refractivity (Wildman–Crippen MR) is 71.2 cm³/mol. The highest BCUT2D eigenvalue weighted by Crippen LogP contribution is 2.24. The number of nitrogens with zero attached hydrogens (tertiary/aromatic N) is 2. The molecule has 0 bridgehead atoms. The van der Waals surface area contributed by atoms with Crippen molar-refractivity contribution in [3.63, 3.8) is 0 Å². The summed E-state index contributed by atoms with van der Waals surface area (Å²) >= 11 is 0. The smallest absolute Gasteiger partial charge is 0.104 e. The van der Waals surface area contributed by atoms with Gasteiger partial charge in [0.2, 0.25) is 0 Å². The van der Waals surface area contributed by atoms with Crippen molar-refractivity contribution in [2.75, 3.05) is 0 Å². The number of aromatic nitrogens is 2. The highest BCUT2D eigenvalue weighted by atomic mass is 16.3. The molecule has 1 aromatic heterocycles. The third-order valence-corrected chi connectivity index (χ3v) is 3.18. The van der Waals surface area contributed by atoms with E-state index in [2.05, 4.69) is 4.98 Å². The van der Waals surface area contributed by atoms with Crippen molar-refractivity contribution in [2.45, 2.75) is 6.10 Å². The zero-order valence-corrected chi connectivity index (χ0v) is 10.1. The SMILES string of the molecule is Cn1cnc2cc(C(O)c3ccccc3)ccc21. The largest absolute Gasteiger partial charge is 0.384 e. The van der Waals surface area contributed by atoms with Gasteiger partial charge in [-0.2, -0.15) is 0 Å². The number of rotatable bonds is 2. The Balaban J connectivity index is 2.04. The fraction of sp³-hybridized carbons (Fsp3) is 0.133. The van der Waals surface area contributed by atoms with Gasteiger partial charge in [-0.1, -0.05) is 36.4 Å². The maximum Gasteiger partial charge on any atom is 0.104 e. The summed E-state index contributed by atoms with van der Waals surface area (Å²) in [6.45, 7) is 0. The minimum atomic E-state index is -0.599. The van der Waals surface area contributed by atoms with Crippen LogP contribution in [0.4, 0.5) is 0 Å².